The largest absolute Gasteiger partial charge is 0.475 e. The summed E-state index contributed by atoms with van der Waals surface area (Å²) in [5, 5.41) is 4.09. The molecule has 3 heterocycles. The minimum absolute atomic E-state index is 0.193. The summed E-state index contributed by atoms with van der Waals surface area (Å²) in [7, 11) is -3.76. The van der Waals surface area contributed by atoms with E-state index in [2.05, 4.69) is 15.3 Å². The van der Waals surface area contributed by atoms with Crippen LogP contribution in [-0.4, -0.2) is 48.0 Å². The zero-order valence-corrected chi connectivity index (χ0v) is 18.3. The molecular formula is C20H18N4O3S3. The first-order chi connectivity index (χ1) is 14.5. The Balaban J connectivity index is 1.57. The molecule has 5 rings (SSSR count). The summed E-state index contributed by atoms with van der Waals surface area (Å²) in [6, 6.07) is 12.7. The molecule has 10 heteroatoms. The van der Waals surface area contributed by atoms with Crippen LogP contribution >= 0.6 is 11.3 Å². The van der Waals surface area contributed by atoms with Gasteiger partial charge in [-0.25, -0.2) is 4.98 Å². The first-order valence-electron chi connectivity index (χ1n) is 9.36. The lowest BCUT2D eigenvalue weighted by Gasteiger charge is -2.44. The summed E-state index contributed by atoms with van der Waals surface area (Å²) < 4.78 is 32.6. The average molecular weight is 459 g/mol. The van der Waals surface area contributed by atoms with Gasteiger partial charge >= 0.3 is 10.0 Å². The Hall–Kier alpha value is -2.24. The third-order valence-electron chi connectivity index (χ3n) is 5.21. The highest BCUT2D eigenvalue weighted by molar-refractivity contribution is 7.90. The summed E-state index contributed by atoms with van der Waals surface area (Å²) >= 11 is 7.09. The second kappa shape index (κ2) is 7.47. The van der Waals surface area contributed by atoms with Crippen molar-refractivity contribution >= 4 is 66.7 Å². The van der Waals surface area contributed by atoms with Crippen LogP contribution in [0.2, 0.25) is 0 Å². The number of nitrogens with zero attached hydrogens (tertiary/aromatic N) is 3. The zero-order valence-electron chi connectivity index (χ0n) is 15.8. The van der Waals surface area contributed by atoms with E-state index in [0.29, 0.717) is 24.1 Å². The second-order valence-electron chi connectivity index (χ2n) is 7.05. The Bertz CT molecular complexity index is 1350. The standard InChI is InChI=1S/C20H18N4O3S3/c25-30(26,24(28)7-9-27-10-8-24)15-2-3-17-16(12-15)18(5-6-21-17)23-14-1-4-20-19(11-14)22-13-29-20/h1-6,11-13H,7-10H2,(H,21,23). The van der Waals surface area contributed by atoms with E-state index in [0.717, 1.165) is 21.6 Å². The minimum Gasteiger partial charge on any atom is -0.475 e. The quantitative estimate of drug-likeness (QED) is 0.370. The molecule has 30 heavy (non-hydrogen) atoms. The molecular weight excluding hydrogens is 440 g/mol. The Kier molecular flexibility index (Phi) is 4.91. The van der Waals surface area contributed by atoms with Crippen molar-refractivity contribution in [1.29, 1.82) is 0 Å². The number of nitrogens with one attached hydrogen (secondary N) is 1. The van der Waals surface area contributed by atoms with Crippen LogP contribution in [0.5, 0.6) is 0 Å². The number of anilines is 2. The van der Waals surface area contributed by atoms with E-state index in [4.69, 9.17) is 17.6 Å². The fourth-order valence-electron chi connectivity index (χ4n) is 3.54. The van der Waals surface area contributed by atoms with Crippen LogP contribution < -0.4 is 5.32 Å². The van der Waals surface area contributed by atoms with Gasteiger partial charge in [0.15, 0.2) is 0 Å². The molecule has 2 aromatic carbocycles. The van der Waals surface area contributed by atoms with Crippen LogP contribution in [0.1, 0.15) is 0 Å². The molecule has 1 aliphatic heterocycles. The highest BCUT2D eigenvalue weighted by Crippen LogP contribution is 2.32. The maximum absolute atomic E-state index is 13.3. The zero-order chi connectivity index (χ0) is 20.8. The van der Waals surface area contributed by atoms with Crippen LogP contribution in [0.15, 0.2) is 59.1 Å². The topological polar surface area (TPSA) is 81.2 Å². The summed E-state index contributed by atoms with van der Waals surface area (Å²) in [6.45, 7) is 1.18. The smallest absolute Gasteiger partial charge is 0.310 e. The number of hydrogen-bond acceptors (Lipinski definition) is 8. The molecule has 1 fully saturated rings. The number of thiazole rings is 1. The molecule has 1 saturated heterocycles. The van der Waals surface area contributed by atoms with Crippen molar-refractivity contribution < 1.29 is 16.4 Å². The number of morpholine rings is 1. The molecule has 7 nitrogen and oxygen atoms in total. The first-order valence-corrected chi connectivity index (χ1v) is 12.0. The maximum atomic E-state index is 13.3. The van der Waals surface area contributed by atoms with E-state index in [1.54, 1.807) is 35.7 Å². The van der Waals surface area contributed by atoms with E-state index in [1.807, 2.05) is 29.8 Å². The minimum atomic E-state index is -3.76. The molecule has 0 amide bonds. The van der Waals surface area contributed by atoms with Gasteiger partial charge in [0.2, 0.25) is 0 Å². The fraction of sp³-hybridized carbons (Fsp3) is 0.200. The predicted molar refractivity (Wildman–Crippen MR) is 120 cm³/mol. The average Bonchev–Trinajstić information content (AvgIpc) is 3.22. The Labute approximate surface area is 183 Å². The number of benzene rings is 2. The van der Waals surface area contributed by atoms with Gasteiger partial charge in [-0.1, -0.05) is 0 Å². The van der Waals surface area contributed by atoms with Gasteiger partial charge in [-0.2, -0.15) is 8.42 Å². The lowest BCUT2D eigenvalue weighted by atomic mass is 10.2. The lowest BCUT2D eigenvalue weighted by molar-refractivity contribution is -0.674. The maximum Gasteiger partial charge on any atom is 0.310 e. The summed E-state index contributed by atoms with van der Waals surface area (Å²) in [5.41, 5.74) is 5.06. The molecule has 0 aliphatic carbocycles. The van der Waals surface area contributed by atoms with Crippen molar-refractivity contribution in [2.75, 3.05) is 31.6 Å². The molecule has 0 saturated carbocycles. The number of hydrogen-bond donors (Lipinski definition) is 1. The Morgan fingerprint density at radius 2 is 1.87 bits per heavy atom. The Morgan fingerprint density at radius 1 is 1.03 bits per heavy atom. The van der Waals surface area contributed by atoms with Gasteiger partial charge in [0, 0.05) is 23.0 Å². The van der Waals surface area contributed by atoms with E-state index >= 15 is 0 Å². The number of fused-ring (bicyclic) bond motifs is 2. The molecule has 2 aromatic heterocycles. The summed E-state index contributed by atoms with van der Waals surface area (Å²) in [6.07, 6.45) is 1.70. The molecule has 1 aliphatic rings. The molecule has 154 valence electrons. The SMILES string of the molecule is O=S(=O)(c1ccc2nccc(Nc3ccc4scnc4c3)c2c1)[N+]1([S-])CCOCC1. The summed E-state index contributed by atoms with van der Waals surface area (Å²) in [4.78, 5) is 8.93. The van der Waals surface area contributed by atoms with Crippen LogP contribution in [-0.2, 0) is 27.6 Å². The van der Waals surface area contributed by atoms with E-state index in [9.17, 15) is 8.42 Å². The lowest BCUT2D eigenvalue weighted by Crippen LogP contribution is -2.54. The van der Waals surface area contributed by atoms with Crippen molar-refractivity contribution in [2.24, 2.45) is 0 Å². The third kappa shape index (κ3) is 3.34. The number of quaternary nitrogens is 1. The number of pyridine rings is 1. The van der Waals surface area contributed by atoms with E-state index in [-0.39, 0.29) is 18.0 Å². The summed E-state index contributed by atoms with van der Waals surface area (Å²) in [5.74, 6) is 0. The van der Waals surface area contributed by atoms with Gasteiger partial charge in [0.25, 0.3) is 0 Å². The van der Waals surface area contributed by atoms with Gasteiger partial charge in [-0.05, 0) is 42.5 Å². The molecule has 0 atom stereocenters. The molecule has 4 aromatic rings. The highest BCUT2D eigenvalue weighted by atomic mass is 32.3. The number of aromatic nitrogens is 2. The first kappa shape index (κ1) is 19.7. The van der Waals surface area contributed by atoms with Gasteiger partial charge in [-0.15, -0.1) is 11.3 Å². The van der Waals surface area contributed by atoms with Crippen LogP contribution in [0.3, 0.4) is 0 Å². The second-order valence-corrected chi connectivity index (χ2v) is 11.0. The van der Waals surface area contributed by atoms with Crippen LogP contribution in [0, 0.1) is 0 Å². The molecule has 0 spiro atoms. The van der Waals surface area contributed by atoms with Gasteiger partial charge in [0.1, 0.15) is 18.0 Å². The molecule has 0 unspecified atom stereocenters. The number of ether oxygens (including phenoxy) is 1. The van der Waals surface area contributed by atoms with E-state index in [1.165, 1.54) is 0 Å². The fourth-order valence-corrected chi connectivity index (χ4v) is 6.13. The molecule has 1 N–H and O–H groups in total. The normalized spacial score (nSPS) is 16.7. The van der Waals surface area contributed by atoms with Crippen LogP contribution in [0.25, 0.3) is 21.1 Å². The molecule has 0 radical (unpaired) electrons. The third-order valence-corrected chi connectivity index (χ3v) is 9.07. The van der Waals surface area contributed by atoms with Crippen molar-refractivity contribution in [3.8, 4) is 0 Å². The van der Waals surface area contributed by atoms with Gasteiger partial charge in [-0.3, -0.25) is 4.98 Å². The predicted octanol–water partition coefficient (Wildman–Crippen LogP) is 3.59. The van der Waals surface area contributed by atoms with Crippen molar-refractivity contribution in [3.63, 3.8) is 0 Å². The van der Waals surface area contributed by atoms with Gasteiger partial charge < -0.3 is 26.2 Å². The molecule has 0 bridgehead atoms. The van der Waals surface area contributed by atoms with E-state index < -0.39 is 13.3 Å². The van der Waals surface area contributed by atoms with Crippen LogP contribution in [0.4, 0.5) is 11.4 Å². The van der Waals surface area contributed by atoms with Crippen molar-refractivity contribution in [3.05, 3.63) is 54.2 Å². The number of sulfonamides is 1. The van der Waals surface area contributed by atoms with Gasteiger partial charge in [0.05, 0.1) is 34.5 Å². The Morgan fingerprint density at radius 3 is 2.70 bits per heavy atom. The van der Waals surface area contributed by atoms with Crippen molar-refractivity contribution in [2.45, 2.75) is 4.90 Å². The number of rotatable bonds is 4. The van der Waals surface area contributed by atoms with Crippen molar-refractivity contribution in [1.82, 2.24) is 9.97 Å². The monoisotopic (exact) mass is 458 g/mol. The highest BCUT2D eigenvalue weighted by Gasteiger charge is 2.35.